The summed E-state index contributed by atoms with van der Waals surface area (Å²) in [6.07, 6.45) is 0. The molecule has 0 bridgehead atoms. The molecule has 0 saturated heterocycles. The van der Waals surface area contributed by atoms with E-state index in [9.17, 15) is 0 Å². The van der Waals surface area contributed by atoms with Crippen LogP contribution < -0.4 is 0 Å². The second kappa shape index (κ2) is 14.4. The molecule has 0 unspecified atom stereocenters. The van der Waals surface area contributed by atoms with E-state index in [0.717, 1.165) is 0 Å². The summed E-state index contributed by atoms with van der Waals surface area (Å²) < 4.78 is 0. The Morgan fingerprint density at radius 1 is 0.254 bits per heavy atom. The molecular weight excluding hydrogens is 805 g/mol. The summed E-state index contributed by atoms with van der Waals surface area (Å²) in [7, 11) is 0. The molecule has 0 fully saturated rings. The largest absolute Gasteiger partial charge is 0.0579 e. The average Bonchev–Trinajstić information content (AvgIpc) is 3.75. The lowest BCUT2D eigenvalue weighted by Crippen LogP contribution is -2.16. The highest BCUT2D eigenvalue weighted by molar-refractivity contribution is 5.91. The van der Waals surface area contributed by atoms with E-state index in [2.05, 4.69) is 243 Å². The highest BCUT2D eigenvalue weighted by Crippen LogP contribution is 2.56. The third-order valence-electron chi connectivity index (χ3n) is 16.5. The van der Waals surface area contributed by atoms with Crippen molar-refractivity contribution in [3.05, 3.63) is 201 Å². The molecule has 3 aliphatic carbocycles. The second-order valence-corrected chi connectivity index (χ2v) is 24.0. The molecule has 0 heterocycles. The third kappa shape index (κ3) is 6.60. The van der Waals surface area contributed by atoms with Crippen molar-refractivity contribution >= 4 is 0 Å². The van der Waals surface area contributed by atoms with E-state index < -0.39 is 0 Å². The van der Waals surface area contributed by atoms with E-state index in [0.29, 0.717) is 0 Å². The molecule has 3 aliphatic rings. The van der Waals surface area contributed by atoms with Gasteiger partial charge in [0, 0.05) is 16.2 Å². The number of rotatable bonds is 4. The van der Waals surface area contributed by atoms with Crippen molar-refractivity contribution in [2.75, 3.05) is 0 Å². The average molecular weight is 871 g/mol. The van der Waals surface area contributed by atoms with Gasteiger partial charge in [-0.3, -0.25) is 0 Å². The fourth-order valence-corrected chi connectivity index (χ4v) is 12.2. The van der Waals surface area contributed by atoms with Gasteiger partial charge < -0.3 is 0 Å². The van der Waals surface area contributed by atoms with E-state index in [-0.39, 0.29) is 27.1 Å². The summed E-state index contributed by atoms with van der Waals surface area (Å²) in [5.74, 6) is 0. The molecule has 0 aliphatic heterocycles. The lowest BCUT2D eigenvalue weighted by Gasteiger charge is -2.25. The summed E-state index contributed by atoms with van der Waals surface area (Å²) in [5.41, 5.74) is 32.3. The molecular formula is C67H66. The van der Waals surface area contributed by atoms with Crippen LogP contribution in [0.2, 0.25) is 0 Å². The van der Waals surface area contributed by atoms with Gasteiger partial charge in [0.25, 0.3) is 0 Å². The van der Waals surface area contributed by atoms with Gasteiger partial charge >= 0.3 is 0 Å². The Labute approximate surface area is 401 Å². The molecule has 8 aromatic carbocycles. The van der Waals surface area contributed by atoms with Crippen LogP contribution in [0.25, 0.3) is 77.9 Å². The SMILES string of the molecule is Cc1cc2c(cc1-c1ccc3c(c1)C(C)(C)c1cc(-c4ccc(C(C)(C)C)cc4)ccc1-3)C(C)(C)c1cc(-c3ccc4c(c3)C(C)(C)c3cc(-c5ccc(C(C)(C)C)cc5)ccc3-4)c(C)cc1-2. The van der Waals surface area contributed by atoms with Gasteiger partial charge in [0.15, 0.2) is 0 Å². The lowest BCUT2D eigenvalue weighted by molar-refractivity contribution is 0.590. The molecule has 8 aromatic rings. The van der Waals surface area contributed by atoms with Gasteiger partial charge in [-0.15, -0.1) is 0 Å². The number of hydrogen-bond donors (Lipinski definition) is 0. The van der Waals surface area contributed by atoms with E-state index in [4.69, 9.17) is 0 Å². The summed E-state index contributed by atoms with van der Waals surface area (Å²) >= 11 is 0. The maximum absolute atomic E-state index is 2.53. The molecule has 0 amide bonds. The van der Waals surface area contributed by atoms with Crippen molar-refractivity contribution in [3.8, 4) is 77.9 Å². The summed E-state index contributed by atoms with van der Waals surface area (Å²) in [6.45, 7) is 32.8. The lowest BCUT2D eigenvalue weighted by atomic mass is 9.78. The van der Waals surface area contributed by atoms with Crippen LogP contribution in [0.1, 0.15) is 139 Å². The highest BCUT2D eigenvalue weighted by Gasteiger charge is 2.40. The van der Waals surface area contributed by atoms with Crippen LogP contribution in [0.15, 0.2) is 146 Å². The Balaban J connectivity index is 0.904. The van der Waals surface area contributed by atoms with Crippen LogP contribution in [-0.4, -0.2) is 0 Å². The maximum Gasteiger partial charge on any atom is 0.0159 e. The summed E-state index contributed by atoms with van der Waals surface area (Å²) in [6, 6.07) is 57.1. The zero-order valence-corrected chi connectivity index (χ0v) is 42.4. The van der Waals surface area contributed by atoms with Crippen LogP contribution in [0, 0.1) is 13.8 Å². The van der Waals surface area contributed by atoms with Crippen LogP contribution in [-0.2, 0) is 27.1 Å². The Bertz CT molecular complexity index is 3140. The first kappa shape index (κ1) is 43.3. The smallest absolute Gasteiger partial charge is 0.0159 e. The molecule has 67 heavy (non-hydrogen) atoms. The zero-order chi connectivity index (χ0) is 47.3. The molecule has 0 radical (unpaired) electrons. The predicted octanol–water partition coefficient (Wildman–Crippen LogP) is 18.5. The minimum atomic E-state index is -0.156. The van der Waals surface area contributed by atoms with Gasteiger partial charge in [-0.25, -0.2) is 0 Å². The topological polar surface area (TPSA) is 0 Å². The summed E-state index contributed by atoms with van der Waals surface area (Å²) in [4.78, 5) is 0. The quantitative estimate of drug-likeness (QED) is 0.165. The molecule has 11 rings (SSSR count). The number of aryl methyl sites for hydroxylation is 2. The van der Waals surface area contributed by atoms with Crippen molar-refractivity contribution < 1.29 is 0 Å². The van der Waals surface area contributed by atoms with Crippen LogP contribution in [0.5, 0.6) is 0 Å². The highest BCUT2D eigenvalue weighted by atomic mass is 14.4. The van der Waals surface area contributed by atoms with Crippen LogP contribution in [0.3, 0.4) is 0 Å². The van der Waals surface area contributed by atoms with Gasteiger partial charge in [-0.05, 0) is 195 Å². The Morgan fingerprint density at radius 2 is 0.507 bits per heavy atom. The van der Waals surface area contributed by atoms with Crippen molar-refractivity contribution in [1.82, 2.24) is 0 Å². The van der Waals surface area contributed by atoms with Gasteiger partial charge in [-0.2, -0.15) is 0 Å². The monoisotopic (exact) mass is 871 g/mol. The van der Waals surface area contributed by atoms with E-state index in [1.165, 1.54) is 134 Å². The van der Waals surface area contributed by atoms with Crippen molar-refractivity contribution in [3.63, 3.8) is 0 Å². The van der Waals surface area contributed by atoms with Gasteiger partial charge in [0.2, 0.25) is 0 Å². The number of fused-ring (bicyclic) bond motifs is 9. The molecule has 0 N–H and O–H groups in total. The van der Waals surface area contributed by atoms with Crippen molar-refractivity contribution in [2.24, 2.45) is 0 Å². The molecule has 0 nitrogen and oxygen atoms in total. The number of benzene rings is 8. The number of hydrogen-bond acceptors (Lipinski definition) is 0. The summed E-state index contributed by atoms with van der Waals surface area (Å²) in [5, 5.41) is 0. The van der Waals surface area contributed by atoms with E-state index in [1.54, 1.807) is 0 Å². The van der Waals surface area contributed by atoms with E-state index >= 15 is 0 Å². The molecule has 0 aromatic heterocycles. The minimum absolute atomic E-state index is 0.118. The fourth-order valence-electron chi connectivity index (χ4n) is 12.2. The first-order chi connectivity index (χ1) is 31.5. The van der Waals surface area contributed by atoms with Crippen molar-refractivity contribution in [2.45, 2.75) is 124 Å². The molecule has 0 atom stereocenters. The van der Waals surface area contributed by atoms with Gasteiger partial charge in [0.05, 0.1) is 0 Å². The molecule has 0 saturated carbocycles. The van der Waals surface area contributed by atoms with E-state index in [1.807, 2.05) is 0 Å². The Morgan fingerprint density at radius 3 is 0.806 bits per heavy atom. The van der Waals surface area contributed by atoms with Gasteiger partial charge in [0.1, 0.15) is 0 Å². The van der Waals surface area contributed by atoms with Crippen molar-refractivity contribution in [1.29, 1.82) is 0 Å². The fraction of sp³-hybridized carbons (Fsp3) is 0.284. The first-order valence-electron chi connectivity index (χ1n) is 24.7. The minimum Gasteiger partial charge on any atom is -0.0579 e. The predicted molar refractivity (Wildman–Crippen MR) is 288 cm³/mol. The molecule has 0 spiro atoms. The van der Waals surface area contributed by atoms with Crippen LogP contribution >= 0.6 is 0 Å². The maximum atomic E-state index is 2.53. The standard InChI is InChI=1S/C67H66/c1-39-31-55-56-32-40(2)54(46-22-30-52-50-28-20-44(34-58(50)66(11,12)60(52)36-46)42-17-25-48(26-18-42)64(6,7)8)38-62(56)67(13,14)61(55)37-53(39)45-21-29-51-49-27-19-43(33-57(49)65(9,10)59(51)35-45)41-15-23-47(24-16-41)63(3,4)5/h15-38H,1-14H3. The first-order valence-corrected chi connectivity index (χ1v) is 24.7. The second-order valence-electron chi connectivity index (χ2n) is 24.0. The Kier molecular flexibility index (Phi) is 9.31. The third-order valence-corrected chi connectivity index (χ3v) is 16.5. The zero-order valence-electron chi connectivity index (χ0n) is 42.4. The molecule has 0 heteroatoms. The van der Waals surface area contributed by atoms with Gasteiger partial charge in [-0.1, -0.05) is 192 Å². The normalized spacial score (nSPS) is 15.7. The Hall–Kier alpha value is -6.24. The molecule has 334 valence electrons. The van der Waals surface area contributed by atoms with Crippen LogP contribution in [0.4, 0.5) is 0 Å².